The molecule has 0 atom stereocenters. The lowest BCUT2D eigenvalue weighted by atomic mass is 10.1. The Labute approximate surface area is 148 Å². The quantitative estimate of drug-likeness (QED) is 0.777. The Kier molecular flexibility index (Phi) is 5.80. The number of halogens is 1. The van der Waals surface area contributed by atoms with Crippen molar-refractivity contribution < 1.29 is 19.4 Å². The van der Waals surface area contributed by atoms with Gasteiger partial charge in [0.2, 0.25) is 0 Å². The van der Waals surface area contributed by atoms with Crippen LogP contribution in [0.3, 0.4) is 0 Å². The zero-order valence-corrected chi connectivity index (χ0v) is 15.3. The SMILES string of the molecule is COCc1cc(NC(=O)c2cc(Br)cn2C(C)C)cc(C(=O)O)c1. The lowest BCUT2D eigenvalue weighted by molar-refractivity contribution is 0.0696. The first-order valence-corrected chi connectivity index (χ1v) is 8.16. The Hall–Kier alpha value is -2.12. The number of ether oxygens (including phenoxy) is 1. The third-order valence-electron chi connectivity index (χ3n) is 3.41. The fourth-order valence-electron chi connectivity index (χ4n) is 2.39. The molecule has 2 N–H and O–H groups in total. The van der Waals surface area contributed by atoms with E-state index in [4.69, 9.17) is 4.74 Å². The highest BCUT2D eigenvalue weighted by Gasteiger charge is 2.16. The fraction of sp³-hybridized carbons (Fsp3) is 0.294. The molecular formula is C17H19BrN2O4. The number of hydrogen-bond donors (Lipinski definition) is 2. The molecule has 0 unspecified atom stereocenters. The summed E-state index contributed by atoms with van der Waals surface area (Å²) < 4.78 is 7.70. The number of methoxy groups -OCH3 is 1. The molecule has 0 saturated carbocycles. The second-order valence-electron chi connectivity index (χ2n) is 5.66. The van der Waals surface area contributed by atoms with E-state index in [1.165, 1.54) is 19.2 Å². The van der Waals surface area contributed by atoms with Crippen LogP contribution in [0, 0.1) is 0 Å². The number of hydrogen-bond acceptors (Lipinski definition) is 3. The zero-order valence-electron chi connectivity index (χ0n) is 13.7. The molecule has 2 rings (SSSR count). The summed E-state index contributed by atoms with van der Waals surface area (Å²) in [5.74, 6) is -1.36. The third-order valence-corrected chi connectivity index (χ3v) is 3.85. The largest absolute Gasteiger partial charge is 0.478 e. The highest BCUT2D eigenvalue weighted by Crippen LogP contribution is 2.22. The maximum atomic E-state index is 12.6. The van der Waals surface area contributed by atoms with Gasteiger partial charge in [0.05, 0.1) is 12.2 Å². The number of amides is 1. The molecule has 24 heavy (non-hydrogen) atoms. The van der Waals surface area contributed by atoms with Gasteiger partial charge in [0.15, 0.2) is 0 Å². The summed E-state index contributed by atoms with van der Waals surface area (Å²) in [5.41, 5.74) is 1.68. The van der Waals surface area contributed by atoms with Crippen molar-refractivity contribution in [2.45, 2.75) is 26.5 Å². The normalized spacial score (nSPS) is 10.9. The molecule has 1 heterocycles. The molecule has 1 aromatic carbocycles. The smallest absolute Gasteiger partial charge is 0.335 e. The van der Waals surface area contributed by atoms with Crippen molar-refractivity contribution in [2.75, 3.05) is 12.4 Å². The molecule has 0 bridgehead atoms. The first-order valence-electron chi connectivity index (χ1n) is 7.36. The molecule has 0 saturated heterocycles. The van der Waals surface area contributed by atoms with E-state index in [0.29, 0.717) is 16.9 Å². The van der Waals surface area contributed by atoms with E-state index in [-0.39, 0.29) is 24.1 Å². The van der Waals surface area contributed by atoms with Crippen LogP contribution in [-0.2, 0) is 11.3 Å². The van der Waals surface area contributed by atoms with Gasteiger partial charge in [-0.15, -0.1) is 0 Å². The van der Waals surface area contributed by atoms with Gasteiger partial charge in [0, 0.05) is 29.5 Å². The van der Waals surface area contributed by atoms with E-state index in [1.807, 2.05) is 24.6 Å². The van der Waals surface area contributed by atoms with E-state index in [1.54, 1.807) is 12.1 Å². The predicted octanol–water partition coefficient (Wildman–Crippen LogP) is 3.93. The van der Waals surface area contributed by atoms with Crippen LogP contribution >= 0.6 is 15.9 Å². The summed E-state index contributed by atoms with van der Waals surface area (Å²) in [7, 11) is 1.53. The van der Waals surface area contributed by atoms with Gasteiger partial charge < -0.3 is 19.7 Å². The number of rotatable bonds is 6. The monoisotopic (exact) mass is 394 g/mol. The number of aromatic carboxylic acids is 1. The van der Waals surface area contributed by atoms with Gasteiger partial charge in [0.1, 0.15) is 5.69 Å². The Balaban J connectivity index is 2.33. The van der Waals surface area contributed by atoms with Crippen LogP contribution in [0.2, 0.25) is 0 Å². The minimum atomic E-state index is -1.06. The molecule has 0 aliphatic rings. The van der Waals surface area contributed by atoms with Gasteiger partial charge in [-0.2, -0.15) is 0 Å². The Bertz CT molecular complexity index is 768. The number of anilines is 1. The number of nitrogens with one attached hydrogen (secondary N) is 1. The minimum absolute atomic E-state index is 0.0975. The number of nitrogens with zero attached hydrogens (tertiary/aromatic N) is 1. The summed E-state index contributed by atoms with van der Waals surface area (Å²) in [6, 6.07) is 6.50. The lowest BCUT2D eigenvalue weighted by Gasteiger charge is -2.13. The molecule has 0 radical (unpaired) electrons. The summed E-state index contributed by atoms with van der Waals surface area (Å²) in [6.07, 6.45) is 1.84. The van der Waals surface area contributed by atoms with E-state index < -0.39 is 5.97 Å². The van der Waals surface area contributed by atoms with Crippen molar-refractivity contribution in [1.29, 1.82) is 0 Å². The number of carboxylic acids is 1. The van der Waals surface area contributed by atoms with Crippen molar-refractivity contribution in [1.82, 2.24) is 4.57 Å². The second-order valence-corrected chi connectivity index (χ2v) is 6.57. The van der Waals surface area contributed by atoms with Gasteiger partial charge in [-0.3, -0.25) is 4.79 Å². The van der Waals surface area contributed by atoms with E-state index in [0.717, 1.165) is 4.47 Å². The first kappa shape index (κ1) is 18.2. The molecule has 0 spiro atoms. The summed E-state index contributed by atoms with van der Waals surface area (Å²) in [5, 5.41) is 12.0. The maximum absolute atomic E-state index is 12.6. The summed E-state index contributed by atoms with van der Waals surface area (Å²) in [6.45, 7) is 4.22. The van der Waals surface area contributed by atoms with E-state index in [9.17, 15) is 14.7 Å². The molecule has 0 fully saturated rings. The van der Waals surface area contributed by atoms with E-state index in [2.05, 4.69) is 21.2 Å². The molecule has 0 aliphatic heterocycles. The highest BCUT2D eigenvalue weighted by atomic mass is 79.9. The molecule has 7 heteroatoms. The average molecular weight is 395 g/mol. The van der Waals surface area contributed by atoms with Gasteiger partial charge in [-0.25, -0.2) is 4.79 Å². The number of carbonyl (C=O) groups excluding carboxylic acids is 1. The second kappa shape index (κ2) is 7.63. The van der Waals surface area contributed by atoms with Crippen LogP contribution < -0.4 is 5.32 Å². The lowest BCUT2D eigenvalue weighted by Crippen LogP contribution is -2.18. The van der Waals surface area contributed by atoms with Crippen LogP contribution in [-0.4, -0.2) is 28.7 Å². The van der Waals surface area contributed by atoms with Crippen LogP contribution in [0.25, 0.3) is 0 Å². The van der Waals surface area contributed by atoms with Gasteiger partial charge in [-0.1, -0.05) is 0 Å². The van der Waals surface area contributed by atoms with Crippen LogP contribution in [0.5, 0.6) is 0 Å². The number of carbonyl (C=O) groups is 2. The Morgan fingerprint density at radius 1 is 1.29 bits per heavy atom. The molecule has 0 aliphatic carbocycles. The topological polar surface area (TPSA) is 80.6 Å². The Morgan fingerprint density at radius 3 is 2.58 bits per heavy atom. The Morgan fingerprint density at radius 2 is 2.00 bits per heavy atom. The maximum Gasteiger partial charge on any atom is 0.335 e. The van der Waals surface area contributed by atoms with Crippen molar-refractivity contribution in [3.63, 3.8) is 0 Å². The number of carboxylic acid groups (broad SMARTS) is 1. The standard InChI is InChI=1S/C17H19BrN2O4/c1-10(2)20-8-13(18)7-15(20)16(21)19-14-5-11(9-24-3)4-12(6-14)17(22)23/h4-8,10H,9H2,1-3H3,(H,19,21)(H,22,23). The fourth-order valence-corrected chi connectivity index (χ4v) is 2.83. The number of aromatic nitrogens is 1. The molecule has 2 aromatic rings. The van der Waals surface area contributed by atoms with Gasteiger partial charge in [-0.05, 0) is 59.6 Å². The predicted molar refractivity (Wildman–Crippen MR) is 94.6 cm³/mol. The molecule has 6 nitrogen and oxygen atoms in total. The first-order chi connectivity index (χ1) is 11.3. The molecular weight excluding hydrogens is 376 g/mol. The molecule has 1 amide bonds. The molecule has 128 valence electrons. The van der Waals surface area contributed by atoms with E-state index >= 15 is 0 Å². The molecule has 1 aromatic heterocycles. The van der Waals surface area contributed by atoms with Crippen molar-refractivity contribution in [3.8, 4) is 0 Å². The number of benzene rings is 1. The third kappa shape index (κ3) is 4.24. The zero-order chi connectivity index (χ0) is 17.9. The summed E-state index contributed by atoms with van der Waals surface area (Å²) in [4.78, 5) is 23.8. The van der Waals surface area contributed by atoms with Gasteiger partial charge >= 0.3 is 5.97 Å². The van der Waals surface area contributed by atoms with Crippen molar-refractivity contribution in [3.05, 3.63) is 51.8 Å². The van der Waals surface area contributed by atoms with Gasteiger partial charge in [0.25, 0.3) is 5.91 Å². The van der Waals surface area contributed by atoms with Crippen molar-refractivity contribution >= 4 is 33.5 Å². The summed E-state index contributed by atoms with van der Waals surface area (Å²) >= 11 is 3.37. The average Bonchev–Trinajstić information content (AvgIpc) is 2.89. The van der Waals surface area contributed by atoms with Crippen LogP contribution in [0.4, 0.5) is 5.69 Å². The van der Waals surface area contributed by atoms with Crippen LogP contribution in [0.1, 0.15) is 46.3 Å². The van der Waals surface area contributed by atoms with Crippen molar-refractivity contribution in [2.24, 2.45) is 0 Å². The highest BCUT2D eigenvalue weighted by molar-refractivity contribution is 9.10. The van der Waals surface area contributed by atoms with Crippen LogP contribution in [0.15, 0.2) is 34.9 Å². The minimum Gasteiger partial charge on any atom is -0.478 e.